The van der Waals surface area contributed by atoms with Gasteiger partial charge >= 0.3 is 6.18 Å². The summed E-state index contributed by atoms with van der Waals surface area (Å²) in [5.41, 5.74) is 9.95. The van der Waals surface area contributed by atoms with E-state index in [4.69, 9.17) is 22.1 Å². The van der Waals surface area contributed by atoms with E-state index >= 15 is 0 Å². The summed E-state index contributed by atoms with van der Waals surface area (Å²) in [7, 11) is 1.49. The van der Waals surface area contributed by atoms with Gasteiger partial charge in [-0.05, 0) is 30.3 Å². The number of rotatable bonds is 6. The fourth-order valence-corrected chi connectivity index (χ4v) is 3.20. The third-order valence-electron chi connectivity index (χ3n) is 4.61. The number of nitrogens with one attached hydrogen (secondary N) is 2. The highest BCUT2D eigenvalue weighted by molar-refractivity contribution is 6.45. The summed E-state index contributed by atoms with van der Waals surface area (Å²) in [6.07, 6.45) is 2.75. The molecule has 2 aromatic rings. The van der Waals surface area contributed by atoms with Gasteiger partial charge in [-0.15, -0.1) is 0 Å². The van der Waals surface area contributed by atoms with E-state index in [9.17, 15) is 13.2 Å². The molecule has 0 bridgehead atoms. The number of allylic oxidation sites excluding steroid dienone is 3. The highest BCUT2D eigenvalue weighted by Crippen LogP contribution is 2.31. The SMILES string of the molecule is C=C(N=C1C=NNC(COC)=CNN=CC(Cl)=C1)C(=CN)C(=Nc1cccc2ncccc12)C(F)(F)F. The van der Waals surface area contributed by atoms with E-state index in [2.05, 4.69) is 42.6 Å². The largest absolute Gasteiger partial charge is 0.434 e. The number of pyridine rings is 1. The van der Waals surface area contributed by atoms with Gasteiger partial charge in [-0.2, -0.15) is 23.4 Å². The molecule has 3 rings (SSSR count). The average Bonchev–Trinajstić information content (AvgIpc) is 2.89. The Labute approximate surface area is 215 Å². The minimum Gasteiger partial charge on any atom is -0.404 e. The van der Waals surface area contributed by atoms with Gasteiger partial charge in [0.25, 0.3) is 0 Å². The molecule has 9 nitrogen and oxygen atoms in total. The first-order chi connectivity index (χ1) is 17.7. The van der Waals surface area contributed by atoms with Crippen LogP contribution in [0.2, 0.25) is 0 Å². The fraction of sp³-hybridized carbons (Fsp3) is 0.125. The van der Waals surface area contributed by atoms with Crippen molar-refractivity contribution in [3.05, 3.63) is 83.6 Å². The predicted molar refractivity (Wildman–Crippen MR) is 141 cm³/mol. The Hall–Kier alpha value is -4.29. The molecule has 0 unspecified atom stereocenters. The van der Waals surface area contributed by atoms with Crippen molar-refractivity contribution in [3.63, 3.8) is 0 Å². The second-order valence-electron chi connectivity index (χ2n) is 7.26. The van der Waals surface area contributed by atoms with Crippen LogP contribution in [0.25, 0.3) is 10.9 Å². The number of aromatic nitrogens is 1. The summed E-state index contributed by atoms with van der Waals surface area (Å²) in [5.74, 6) is 0. The zero-order valence-electron chi connectivity index (χ0n) is 19.5. The molecule has 192 valence electrons. The van der Waals surface area contributed by atoms with Crippen molar-refractivity contribution in [2.24, 2.45) is 25.9 Å². The van der Waals surface area contributed by atoms with Crippen LogP contribution in [-0.4, -0.2) is 48.7 Å². The molecule has 0 saturated carbocycles. The van der Waals surface area contributed by atoms with Crippen LogP contribution < -0.4 is 16.6 Å². The topological polar surface area (TPSA) is 122 Å². The summed E-state index contributed by atoms with van der Waals surface area (Å²) in [6.45, 7) is 3.86. The Morgan fingerprint density at radius 1 is 1.22 bits per heavy atom. The maximum atomic E-state index is 14.2. The number of methoxy groups -OCH3 is 1. The lowest BCUT2D eigenvalue weighted by Crippen LogP contribution is -2.26. The number of aliphatic imine (C=N–C) groups is 2. The fourth-order valence-electron chi connectivity index (χ4n) is 3.04. The molecule has 4 N–H and O–H groups in total. The van der Waals surface area contributed by atoms with E-state index in [1.165, 1.54) is 44.1 Å². The molecule has 0 aliphatic carbocycles. The van der Waals surface area contributed by atoms with Gasteiger partial charge in [0.15, 0.2) is 5.71 Å². The highest BCUT2D eigenvalue weighted by atomic mass is 35.5. The Kier molecular flexibility index (Phi) is 9.30. The quantitative estimate of drug-likeness (QED) is 0.376. The minimum absolute atomic E-state index is 0.0579. The number of hydrogen-bond acceptors (Lipinski definition) is 9. The summed E-state index contributed by atoms with van der Waals surface area (Å²) in [5, 5.41) is 8.47. The average molecular weight is 531 g/mol. The second kappa shape index (κ2) is 12.6. The van der Waals surface area contributed by atoms with Crippen LogP contribution in [0.5, 0.6) is 0 Å². The van der Waals surface area contributed by atoms with Crippen molar-refractivity contribution in [2.45, 2.75) is 6.18 Å². The van der Waals surface area contributed by atoms with Gasteiger partial charge in [-0.25, -0.2) is 9.98 Å². The van der Waals surface area contributed by atoms with E-state index in [0.29, 0.717) is 16.6 Å². The lowest BCUT2D eigenvalue weighted by molar-refractivity contribution is -0.0581. The minimum atomic E-state index is -4.88. The number of halogens is 4. The molecule has 1 aliphatic rings. The molecule has 37 heavy (non-hydrogen) atoms. The molecule has 0 atom stereocenters. The van der Waals surface area contributed by atoms with Gasteiger partial charge in [0.1, 0.15) is 0 Å². The molecule has 0 radical (unpaired) electrons. The van der Waals surface area contributed by atoms with E-state index in [0.717, 1.165) is 6.20 Å². The maximum Gasteiger partial charge on any atom is 0.434 e. The lowest BCUT2D eigenvalue weighted by Gasteiger charge is -2.15. The molecule has 1 aromatic heterocycles. The van der Waals surface area contributed by atoms with E-state index in [1.807, 2.05) is 0 Å². The van der Waals surface area contributed by atoms with Crippen LogP contribution >= 0.6 is 11.6 Å². The van der Waals surface area contributed by atoms with Crippen LogP contribution in [-0.2, 0) is 4.74 Å². The normalized spacial score (nSPS) is 16.5. The van der Waals surface area contributed by atoms with Crippen LogP contribution in [0.1, 0.15) is 0 Å². The highest BCUT2D eigenvalue weighted by Gasteiger charge is 2.39. The molecule has 0 saturated heterocycles. The number of hydrazone groups is 2. The zero-order chi connectivity index (χ0) is 26.8. The first kappa shape index (κ1) is 27.3. The molecule has 1 aliphatic heterocycles. The zero-order valence-corrected chi connectivity index (χ0v) is 20.3. The lowest BCUT2D eigenvalue weighted by atomic mass is 10.1. The van der Waals surface area contributed by atoms with Gasteiger partial charge in [-0.1, -0.05) is 24.2 Å². The standard InChI is InChI=1S/C24H22ClF3N8O/c1-15(34-17-9-16(25)11-31-32-13-18(14-37-2)36-33-12-17)20(10-29)23(24(26,27)28)35-22-7-3-6-21-19(22)5-4-8-30-21/h3-13,32,36H,1,14,29H2,2H3. The monoisotopic (exact) mass is 530 g/mol. The van der Waals surface area contributed by atoms with Gasteiger partial charge in [0.05, 0.1) is 52.4 Å². The van der Waals surface area contributed by atoms with E-state index in [-0.39, 0.29) is 28.7 Å². The first-order valence-corrected chi connectivity index (χ1v) is 10.9. The summed E-state index contributed by atoms with van der Waals surface area (Å²) < 4.78 is 47.6. The van der Waals surface area contributed by atoms with Crippen molar-refractivity contribution < 1.29 is 17.9 Å². The van der Waals surface area contributed by atoms with Gasteiger partial charge in [0, 0.05) is 36.7 Å². The van der Waals surface area contributed by atoms with E-state index in [1.54, 1.807) is 24.3 Å². The molecule has 0 fully saturated rings. The van der Waals surface area contributed by atoms with Crippen LogP contribution in [0, 0.1) is 0 Å². The Balaban J connectivity index is 2.04. The second-order valence-corrected chi connectivity index (χ2v) is 7.69. The third-order valence-corrected chi connectivity index (χ3v) is 4.82. The molecule has 2 heterocycles. The van der Waals surface area contributed by atoms with Gasteiger partial charge in [-0.3, -0.25) is 15.8 Å². The number of ether oxygens (including phenoxy) is 1. The summed E-state index contributed by atoms with van der Waals surface area (Å²) >= 11 is 6.14. The summed E-state index contributed by atoms with van der Waals surface area (Å²) in [6, 6.07) is 7.91. The van der Waals surface area contributed by atoms with Crippen LogP contribution in [0.4, 0.5) is 18.9 Å². The number of alkyl halides is 3. The third kappa shape index (κ3) is 7.59. The first-order valence-electron chi connectivity index (χ1n) is 10.6. The van der Waals surface area contributed by atoms with Crippen molar-refractivity contribution >= 4 is 52.0 Å². The van der Waals surface area contributed by atoms with Crippen molar-refractivity contribution in [3.8, 4) is 0 Å². The van der Waals surface area contributed by atoms with Gasteiger partial charge in [0.2, 0.25) is 0 Å². The molecule has 0 amide bonds. The number of nitrogens with zero attached hydrogens (tertiary/aromatic N) is 5. The van der Waals surface area contributed by atoms with Crippen molar-refractivity contribution in [2.75, 3.05) is 13.7 Å². The Bertz CT molecular complexity index is 1370. The Morgan fingerprint density at radius 2 is 2.03 bits per heavy atom. The van der Waals surface area contributed by atoms with Crippen LogP contribution in [0.3, 0.4) is 0 Å². The summed E-state index contributed by atoms with van der Waals surface area (Å²) in [4.78, 5) is 12.2. The maximum absolute atomic E-state index is 14.2. The van der Waals surface area contributed by atoms with Crippen LogP contribution in [0.15, 0.2) is 104 Å². The Morgan fingerprint density at radius 3 is 2.76 bits per heavy atom. The number of benzene rings is 1. The number of hydrogen-bond donors (Lipinski definition) is 3. The molecular weight excluding hydrogens is 509 g/mol. The molecular formula is C24H22ClF3N8O. The molecule has 1 aromatic carbocycles. The number of fused-ring (bicyclic) bond motifs is 1. The van der Waals surface area contributed by atoms with Crippen molar-refractivity contribution in [1.29, 1.82) is 0 Å². The smallest absolute Gasteiger partial charge is 0.404 e. The molecule has 13 heteroatoms. The predicted octanol–water partition coefficient (Wildman–Crippen LogP) is 4.44. The number of nitrogens with two attached hydrogens (primary N) is 1. The van der Waals surface area contributed by atoms with Crippen molar-refractivity contribution in [1.82, 2.24) is 15.8 Å². The van der Waals surface area contributed by atoms with E-state index < -0.39 is 17.5 Å². The van der Waals surface area contributed by atoms with Gasteiger partial charge < -0.3 is 10.5 Å². The molecule has 0 spiro atoms.